The highest BCUT2D eigenvalue weighted by molar-refractivity contribution is 5.99. The number of fused-ring (bicyclic) bond motifs is 1. The van der Waals surface area contributed by atoms with E-state index in [1.54, 1.807) is 29.2 Å². The van der Waals surface area contributed by atoms with E-state index in [1.165, 1.54) is 6.20 Å². The maximum absolute atomic E-state index is 12.7. The molecule has 0 radical (unpaired) electrons. The zero-order chi connectivity index (χ0) is 17.7. The first-order valence-corrected chi connectivity index (χ1v) is 7.78. The number of nitrogens with one attached hydrogen (secondary N) is 1. The van der Waals surface area contributed by atoms with Gasteiger partial charge in [-0.05, 0) is 32.4 Å². The molecule has 6 heteroatoms. The van der Waals surface area contributed by atoms with Crippen molar-refractivity contribution in [3.63, 3.8) is 0 Å². The monoisotopic (exact) mass is 324 g/mol. The summed E-state index contributed by atoms with van der Waals surface area (Å²) in [5.74, 6) is 0.649. The van der Waals surface area contributed by atoms with Crippen LogP contribution >= 0.6 is 0 Å². The number of carbonyl (C=O) groups excluding carboxylic acids is 1. The molecule has 1 aliphatic rings. The zero-order valence-electron chi connectivity index (χ0n) is 14.1. The lowest BCUT2D eigenvalue weighted by Gasteiger charge is -2.27. The van der Waals surface area contributed by atoms with Crippen LogP contribution in [0.3, 0.4) is 0 Å². The lowest BCUT2D eigenvalue weighted by molar-refractivity contribution is -0.127. The van der Waals surface area contributed by atoms with E-state index in [0.717, 1.165) is 12.1 Å². The number of amides is 1. The van der Waals surface area contributed by atoms with Crippen molar-refractivity contribution in [2.24, 2.45) is 5.41 Å². The molecule has 0 saturated heterocycles. The molecule has 0 aliphatic carbocycles. The van der Waals surface area contributed by atoms with Crippen molar-refractivity contribution in [2.45, 2.75) is 27.2 Å². The fourth-order valence-electron chi connectivity index (χ4n) is 2.43. The van der Waals surface area contributed by atoms with E-state index >= 15 is 0 Å². The highest BCUT2D eigenvalue weighted by Gasteiger charge is 2.37. The van der Waals surface area contributed by atoms with Gasteiger partial charge in [0.05, 0.1) is 11.1 Å². The molecule has 6 nitrogen and oxygen atoms in total. The Balaban J connectivity index is 2.37. The molecule has 124 valence electrons. The van der Waals surface area contributed by atoms with E-state index in [1.807, 2.05) is 26.8 Å². The van der Waals surface area contributed by atoms with E-state index in [4.69, 9.17) is 15.3 Å². The van der Waals surface area contributed by atoms with Crippen molar-refractivity contribution in [1.29, 1.82) is 10.5 Å². The summed E-state index contributed by atoms with van der Waals surface area (Å²) in [4.78, 5) is 14.5. The van der Waals surface area contributed by atoms with Crippen LogP contribution in [-0.4, -0.2) is 19.1 Å². The third-order valence-corrected chi connectivity index (χ3v) is 3.73. The number of nitriles is 2. The van der Waals surface area contributed by atoms with Crippen molar-refractivity contribution >= 4 is 17.3 Å². The van der Waals surface area contributed by atoms with Crippen LogP contribution in [0.15, 0.2) is 30.0 Å². The molecule has 0 bridgehead atoms. The SMILES string of the molecule is CCCN1C(=O)C(C)(C)COc2cc(NC=C(C#N)C#N)ccc21. The normalized spacial score (nSPS) is 15.2. The van der Waals surface area contributed by atoms with Gasteiger partial charge in [0.15, 0.2) is 0 Å². The van der Waals surface area contributed by atoms with Crippen molar-refractivity contribution in [3.8, 4) is 17.9 Å². The van der Waals surface area contributed by atoms with Crippen LogP contribution in [0.25, 0.3) is 0 Å². The summed E-state index contributed by atoms with van der Waals surface area (Å²) >= 11 is 0. The standard InChI is InChI=1S/C18H20N4O2/c1-4-7-22-15-6-5-14(21-11-13(9-19)10-20)8-16(15)24-12-18(2,3)17(22)23/h5-6,8,11,21H,4,7,12H2,1-3H3. The van der Waals surface area contributed by atoms with E-state index in [0.29, 0.717) is 24.6 Å². The molecule has 1 amide bonds. The average molecular weight is 324 g/mol. The quantitative estimate of drug-likeness (QED) is 0.859. The van der Waals surface area contributed by atoms with Gasteiger partial charge in [-0.1, -0.05) is 6.92 Å². The van der Waals surface area contributed by atoms with Crippen molar-refractivity contribution in [3.05, 3.63) is 30.0 Å². The smallest absolute Gasteiger partial charge is 0.236 e. The molecular weight excluding hydrogens is 304 g/mol. The van der Waals surface area contributed by atoms with Gasteiger partial charge in [-0.3, -0.25) is 4.79 Å². The summed E-state index contributed by atoms with van der Waals surface area (Å²) in [6.07, 6.45) is 2.19. The lowest BCUT2D eigenvalue weighted by Crippen LogP contribution is -2.42. The average Bonchev–Trinajstić information content (AvgIpc) is 2.66. The summed E-state index contributed by atoms with van der Waals surface area (Å²) in [6, 6.07) is 8.96. The Morgan fingerprint density at radius 2 is 2.12 bits per heavy atom. The first kappa shape index (κ1) is 17.4. The number of allylic oxidation sites excluding steroid dienone is 1. The predicted molar refractivity (Wildman–Crippen MR) is 91.3 cm³/mol. The summed E-state index contributed by atoms with van der Waals surface area (Å²) < 4.78 is 5.86. The van der Waals surface area contributed by atoms with Gasteiger partial charge in [-0.2, -0.15) is 10.5 Å². The molecule has 1 aliphatic heterocycles. The number of hydrogen-bond acceptors (Lipinski definition) is 5. The Labute approximate surface area is 141 Å². The molecule has 0 unspecified atom stereocenters. The molecule has 1 aromatic rings. The Kier molecular flexibility index (Phi) is 5.11. The Bertz CT molecular complexity index is 737. The second kappa shape index (κ2) is 7.06. The first-order chi connectivity index (χ1) is 11.4. The van der Waals surface area contributed by atoms with Crippen molar-refractivity contribution < 1.29 is 9.53 Å². The number of hydrogen-bond donors (Lipinski definition) is 1. The highest BCUT2D eigenvalue weighted by Crippen LogP contribution is 2.38. The lowest BCUT2D eigenvalue weighted by atomic mass is 9.93. The van der Waals surface area contributed by atoms with Gasteiger partial charge in [0, 0.05) is 24.5 Å². The van der Waals surface area contributed by atoms with Gasteiger partial charge in [0.25, 0.3) is 0 Å². The van der Waals surface area contributed by atoms with Gasteiger partial charge >= 0.3 is 0 Å². The third kappa shape index (κ3) is 3.49. The minimum atomic E-state index is -0.601. The fourth-order valence-corrected chi connectivity index (χ4v) is 2.43. The molecule has 0 saturated carbocycles. The first-order valence-electron chi connectivity index (χ1n) is 7.78. The van der Waals surface area contributed by atoms with E-state index in [9.17, 15) is 4.79 Å². The number of ether oxygens (including phenoxy) is 1. The molecule has 2 rings (SSSR count). The van der Waals surface area contributed by atoms with E-state index in [-0.39, 0.29) is 11.5 Å². The molecule has 24 heavy (non-hydrogen) atoms. The molecule has 0 aromatic heterocycles. The predicted octanol–water partition coefficient (Wildman–Crippen LogP) is 3.19. The maximum atomic E-state index is 12.7. The minimum absolute atomic E-state index is 0.0187. The Hall–Kier alpha value is -2.99. The number of nitrogens with zero attached hydrogens (tertiary/aromatic N) is 3. The molecule has 1 aromatic carbocycles. The Morgan fingerprint density at radius 1 is 1.42 bits per heavy atom. The van der Waals surface area contributed by atoms with Crippen LogP contribution < -0.4 is 15.0 Å². The summed E-state index contributed by atoms with van der Waals surface area (Å²) in [5.41, 5.74) is 0.800. The van der Waals surface area contributed by atoms with Gasteiger partial charge in [0.2, 0.25) is 5.91 Å². The van der Waals surface area contributed by atoms with E-state index in [2.05, 4.69) is 5.32 Å². The molecule has 1 N–H and O–H groups in total. The van der Waals surface area contributed by atoms with Crippen LogP contribution in [0.1, 0.15) is 27.2 Å². The molecule has 0 atom stereocenters. The third-order valence-electron chi connectivity index (χ3n) is 3.73. The second-order valence-electron chi connectivity index (χ2n) is 6.24. The second-order valence-corrected chi connectivity index (χ2v) is 6.24. The largest absolute Gasteiger partial charge is 0.490 e. The number of carbonyl (C=O) groups is 1. The van der Waals surface area contributed by atoms with Gasteiger partial charge in [-0.15, -0.1) is 0 Å². The van der Waals surface area contributed by atoms with Crippen LogP contribution in [-0.2, 0) is 4.79 Å². The minimum Gasteiger partial charge on any atom is -0.490 e. The summed E-state index contributed by atoms with van der Waals surface area (Å²) in [6.45, 7) is 6.69. The summed E-state index contributed by atoms with van der Waals surface area (Å²) in [7, 11) is 0. The number of rotatable bonds is 4. The van der Waals surface area contributed by atoms with Crippen LogP contribution in [0.5, 0.6) is 5.75 Å². The molecule has 0 fully saturated rings. The summed E-state index contributed by atoms with van der Waals surface area (Å²) in [5, 5.41) is 20.4. The zero-order valence-corrected chi connectivity index (χ0v) is 14.1. The Morgan fingerprint density at radius 3 is 2.75 bits per heavy atom. The van der Waals surface area contributed by atoms with Gasteiger partial charge in [0.1, 0.15) is 30.1 Å². The van der Waals surface area contributed by atoms with Crippen LogP contribution in [0.4, 0.5) is 11.4 Å². The molecule has 1 heterocycles. The van der Waals surface area contributed by atoms with Gasteiger partial charge < -0.3 is 15.0 Å². The van der Waals surface area contributed by atoms with E-state index < -0.39 is 5.41 Å². The number of benzene rings is 1. The maximum Gasteiger partial charge on any atom is 0.236 e. The van der Waals surface area contributed by atoms with Crippen LogP contribution in [0, 0.1) is 28.1 Å². The molecular formula is C18H20N4O2. The molecule has 0 spiro atoms. The van der Waals surface area contributed by atoms with Crippen molar-refractivity contribution in [2.75, 3.05) is 23.4 Å². The van der Waals surface area contributed by atoms with Crippen LogP contribution in [0.2, 0.25) is 0 Å². The number of anilines is 2. The highest BCUT2D eigenvalue weighted by atomic mass is 16.5. The van der Waals surface area contributed by atoms with Crippen molar-refractivity contribution in [1.82, 2.24) is 0 Å². The van der Waals surface area contributed by atoms with Gasteiger partial charge in [-0.25, -0.2) is 0 Å². The topological polar surface area (TPSA) is 89.2 Å². The fraction of sp³-hybridized carbons (Fsp3) is 0.389.